The minimum Gasteiger partial charge on any atom is -0.360 e. The molecule has 0 unspecified atom stereocenters. The fourth-order valence-corrected chi connectivity index (χ4v) is 4.30. The van der Waals surface area contributed by atoms with E-state index in [0.717, 1.165) is 23.5 Å². The van der Waals surface area contributed by atoms with Crippen LogP contribution in [0.3, 0.4) is 0 Å². The summed E-state index contributed by atoms with van der Waals surface area (Å²) in [5.41, 5.74) is 1.59. The molecule has 3 aromatic rings. The first-order valence-corrected chi connectivity index (χ1v) is 10.7. The van der Waals surface area contributed by atoms with E-state index >= 15 is 0 Å². The lowest BCUT2D eigenvalue weighted by Gasteiger charge is -2.30. The van der Waals surface area contributed by atoms with Crippen LogP contribution in [0.25, 0.3) is 10.9 Å². The number of aryl methyl sites for hydroxylation is 1. The monoisotopic (exact) mass is 400 g/mol. The summed E-state index contributed by atoms with van der Waals surface area (Å²) in [7, 11) is 0. The van der Waals surface area contributed by atoms with Gasteiger partial charge in [-0.25, -0.2) is 4.98 Å². The number of benzene rings is 1. The van der Waals surface area contributed by atoms with E-state index in [2.05, 4.69) is 37.8 Å². The molecular formula is C21H28N4O2S. The van der Waals surface area contributed by atoms with Gasteiger partial charge in [-0.1, -0.05) is 29.1 Å². The molecule has 0 N–H and O–H groups in total. The first kappa shape index (κ1) is 20.6. The molecule has 0 spiro atoms. The molecule has 0 saturated carbocycles. The van der Waals surface area contributed by atoms with Crippen LogP contribution in [0.4, 0.5) is 0 Å². The van der Waals surface area contributed by atoms with Crippen molar-refractivity contribution in [2.75, 3.05) is 6.54 Å². The number of thioether (sulfide) groups is 1. The van der Waals surface area contributed by atoms with Crippen LogP contribution in [0.1, 0.15) is 39.1 Å². The summed E-state index contributed by atoms with van der Waals surface area (Å²) in [6.45, 7) is 12.0. The highest BCUT2D eigenvalue weighted by molar-refractivity contribution is 7.98. The standard InChI is InChI=1S/C21H28N4O2S/c1-14(2)24(15(3)4)10-11-25-20(26)18-8-6-7-9-19(18)22-21(25)28-13-17-12-16(5)23-27-17/h6-9,12,14-15H,10-11,13H2,1-5H3. The van der Waals surface area contributed by atoms with E-state index in [4.69, 9.17) is 9.51 Å². The zero-order chi connectivity index (χ0) is 20.3. The second-order valence-electron chi connectivity index (χ2n) is 7.52. The van der Waals surface area contributed by atoms with Gasteiger partial charge in [-0.15, -0.1) is 0 Å². The Kier molecular flexibility index (Phi) is 6.57. The zero-order valence-electron chi connectivity index (χ0n) is 17.2. The maximum atomic E-state index is 13.2. The Morgan fingerprint density at radius 2 is 1.89 bits per heavy atom. The molecule has 28 heavy (non-hydrogen) atoms. The van der Waals surface area contributed by atoms with Crippen molar-refractivity contribution >= 4 is 22.7 Å². The number of rotatable bonds is 8. The first-order chi connectivity index (χ1) is 13.4. The lowest BCUT2D eigenvalue weighted by atomic mass is 10.2. The molecule has 0 aliphatic rings. The number of aromatic nitrogens is 3. The minimum atomic E-state index is 0.00862. The van der Waals surface area contributed by atoms with Crippen molar-refractivity contribution < 1.29 is 4.52 Å². The third kappa shape index (κ3) is 4.64. The van der Waals surface area contributed by atoms with Crippen molar-refractivity contribution in [3.8, 4) is 0 Å². The first-order valence-electron chi connectivity index (χ1n) is 9.67. The Balaban J connectivity index is 1.93. The van der Waals surface area contributed by atoms with Crippen LogP contribution in [0.15, 0.2) is 44.8 Å². The van der Waals surface area contributed by atoms with Gasteiger partial charge in [-0.05, 0) is 46.8 Å². The number of hydrogen-bond donors (Lipinski definition) is 0. The van der Waals surface area contributed by atoms with Crippen molar-refractivity contribution in [3.05, 3.63) is 52.1 Å². The molecule has 0 bridgehead atoms. The van der Waals surface area contributed by atoms with Crippen LogP contribution in [-0.2, 0) is 12.3 Å². The van der Waals surface area contributed by atoms with Crippen LogP contribution < -0.4 is 5.56 Å². The van der Waals surface area contributed by atoms with E-state index in [1.54, 1.807) is 4.57 Å². The van der Waals surface area contributed by atoms with Crippen molar-refractivity contribution in [3.63, 3.8) is 0 Å². The predicted octanol–water partition coefficient (Wildman–Crippen LogP) is 4.10. The van der Waals surface area contributed by atoms with E-state index in [9.17, 15) is 4.79 Å². The Labute approximate surface area is 169 Å². The third-order valence-electron chi connectivity index (χ3n) is 4.76. The van der Waals surface area contributed by atoms with E-state index in [-0.39, 0.29) is 5.56 Å². The summed E-state index contributed by atoms with van der Waals surface area (Å²) < 4.78 is 7.11. The maximum absolute atomic E-state index is 13.2. The minimum absolute atomic E-state index is 0.00862. The van der Waals surface area contributed by atoms with E-state index in [0.29, 0.717) is 34.9 Å². The second-order valence-corrected chi connectivity index (χ2v) is 8.46. The van der Waals surface area contributed by atoms with Crippen LogP contribution in [0, 0.1) is 6.92 Å². The third-order valence-corrected chi connectivity index (χ3v) is 5.75. The molecule has 2 aromatic heterocycles. The van der Waals surface area contributed by atoms with E-state index < -0.39 is 0 Å². The van der Waals surface area contributed by atoms with Gasteiger partial charge >= 0.3 is 0 Å². The quantitative estimate of drug-likeness (QED) is 0.419. The summed E-state index contributed by atoms with van der Waals surface area (Å²) in [5.74, 6) is 1.37. The van der Waals surface area contributed by atoms with Crippen LogP contribution in [-0.4, -0.2) is 38.2 Å². The highest BCUT2D eigenvalue weighted by Gasteiger charge is 2.17. The lowest BCUT2D eigenvalue weighted by Crippen LogP contribution is -2.40. The van der Waals surface area contributed by atoms with Gasteiger partial charge in [-0.3, -0.25) is 14.3 Å². The van der Waals surface area contributed by atoms with Gasteiger partial charge in [0.05, 0.1) is 22.3 Å². The summed E-state index contributed by atoms with van der Waals surface area (Å²) in [6.07, 6.45) is 0. The Morgan fingerprint density at radius 3 is 2.54 bits per heavy atom. The normalized spacial score (nSPS) is 12.0. The molecular weight excluding hydrogens is 372 g/mol. The van der Waals surface area contributed by atoms with Crippen molar-refractivity contribution in [1.82, 2.24) is 19.6 Å². The lowest BCUT2D eigenvalue weighted by molar-refractivity contribution is 0.166. The average Bonchev–Trinajstić information content (AvgIpc) is 3.06. The Morgan fingerprint density at radius 1 is 1.18 bits per heavy atom. The Bertz CT molecular complexity index is 985. The molecule has 1 aromatic carbocycles. The van der Waals surface area contributed by atoms with Gasteiger partial charge in [0, 0.05) is 31.2 Å². The van der Waals surface area contributed by atoms with Crippen LogP contribution in [0.2, 0.25) is 0 Å². The maximum Gasteiger partial charge on any atom is 0.262 e. The number of para-hydroxylation sites is 1. The van der Waals surface area contributed by atoms with Crippen molar-refractivity contribution in [2.45, 2.75) is 64.2 Å². The topological polar surface area (TPSA) is 64.2 Å². The van der Waals surface area contributed by atoms with Gasteiger partial charge in [0.25, 0.3) is 5.56 Å². The van der Waals surface area contributed by atoms with E-state index in [1.807, 2.05) is 37.3 Å². The number of nitrogens with zero attached hydrogens (tertiary/aromatic N) is 4. The highest BCUT2D eigenvalue weighted by atomic mass is 32.2. The second kappa shape index (κ2) is 8.92. The van der Waals surface area contributed by atoms with Crippen molar-refractivity contribution in [1.29, 1.82) is 0 Å². The smallest absolute Gasteiger partial charge is 0.262 e. The Hall–Kier alpha value is -2.12. The average molecular weight is 401 g/mol. The predicted molar refractivity (Wildman–Crippen MR) is 114 cm³/mol. The summed E-state index contributed by atoms with van der Waals surface area (Å²) in [4.78, 5) is 20.3. The molecule has 2 heterocycles. The van der Waals surface area contributed by atoms with Gasteiger partial charge in [0.15, 0.2) is 5.16 Å². The molecule has 150 valence electrons. The molecule has 0 radical (unpaired) electrons. The van der Waals surface area contributed by atoms with Gasteiger partial charge in [-0.2, -0.15) is 0 Å². The molecule has 0 saturated heterocycles. The van der Waals surface area contributed by atoms with Crippen LogP contribution >= 0.6 is 11.8 Å². The molecule has 0 aliphatic carbocycles. The SMILES string of the molecule is Cc1cc(CSc2nc3ccccc3c(=O)n2CCN(C(C)C)C(C)C)on1. The zero-order valence-corrected chi connectivity index (χ0v) is 18.0. The van der Waals surface area contributed by atoms with E-state index in [1.165, 1.54) is 11.8 Å². The van der Waals surface area contributed by atoms with Gasteiger partial charge in [0.1, 0.15) is 5.76 Å². The molecule has 6 nitrogen and oxygen atoms in total. The molecule has 7 heteroatoms. The molecule has 0 atom stereocenters. The summed E-state index contributed by atoms with van der Waals surface area (Å²) >= 11 is 1.51. The van der Waals surface area contributed by atoms with Crippen LogP contribution in [0.5, 0.6) is 0 Å². The molecule has 3 rings (SSSR count). The molecule has 0 fully saturated rings. The largest absolute Gasteiger partial charge is 0.360 e. The fourth-order valence-electron chi connectivity index (χ4n) is 3.40. The molecule has 0 aliphatic heterocycles. The fraction of sp³-hybridized carbons (Fsp3) is 0.476. The van der Waals surface area contributed by atoms with Gasteiger partial charge < -0.3 is 4.52 Å². The number of fused-ring (bicyclic) bond motifs is 1. The summed E-state index contributed by atoms with van der Waals surface area (Å²) in [5, 5.41) is 5.30. The number of hydrogen-bond acceptors (Lipinski definition) is 6. The van der Waals surface area contributed by atoms with Gasteiger partial charge in [0.2, 0.25) is 0 Å². The highest BCUT2D eigenvalue weighted by Crippen LogP contribution is 2.22. The van der Waals surface area contributed by atoms with Crippen molar-refractivity contribution in [2.24, 2.45) is 0 Å². The molecule has 0 amide bonds. The summed E-state index contributed by atoms with van der Waals surface area (Å²) in [6, 6.07) is 10.3.